The first kappa shape index (κ1) is 36.9. The average molecular weight is 727 g/mol. The molecule has 0 atom stereocenters. The number of phenols is 1. The predicted octanol–water partition coefficient (Wildman–Crippen LogP) is 3.44. The van der Waals surface area contributed by atoms with Crippen molar-refractivity contribution in [2.24, 2.45) is 0 Å². The van der Waals surface area contributed by atoms with Gasteiger partial charge in [-0.25, -0.2) is 9.59 Å². The van der Waals surface area contributed by atoms with Gasteiger partial charge in [-0.2, -0.15) is 17.6 Å². The predicted molar refractivity (Wildman–Crippen MR) is 129 cm³/mol. The molecular weight excluding hydrogens is 707 g/mol. The third-order valence-electron chi connectivity index (χ3n) is 3.41. The number of ether oxygens (including phenoxy) is 5. The van der Waals surface area contributed by atoms with Gasteiger partial charge < -0.3 is 30.2 Å². The first-order valence-electron chi connectivity index (χ1n) is 8.79. The summed E-state index contributed by atoms with van der Waals surface area (Å²) in [4.78, 5) is 22.2. The zero-order valence-corrected chi connectivity index (χ0v) is 26.2. The molecule has 0 aliphatic heterocycles. The van der Waals surface area contributed by atoms with E-state index in [4.69, 9.17) is 9.47 Å². The molecule has 0 fully saturated rings. The van der Waals surface area contributed by atoms with Crippen LogP contribution in [-0.2, 0) is 9.47 Å². The molecule has 2 rings (SSSR count). The number of carbonyl (C=O) groups is 2. The number of carbonyl (C=O) groups excluding carboxylic acids is 2. The van der Waals surface area contributed by atoms with Crippen LogP contribution in [0.4, 0.5) is 17.6 Å². The normalized spacial score (nSPS) is 10.2. The molecule has 0 saturated carbocycles. The maximum atomic E-state index is 12.6. The SMILES string of the molecule is COC(=O)c1ccc(O)c(OC)c1.COC(=O)c1ccc(OC(F)(F)Br)c(OC)c1.FC(F)(Br)Br.[H-].[Na+]. The van der Waals surface area contributed by atoms with E-state index in [1.807, 2.05) is 47.8 Å². The number of benzene rings is 2. The maximum absolute atomic E-state index is 12.6. The summed E-state index contributed by atoms with van der Waals surface area (Å²) >= 11 is 5.95. The van der Waals surface area contributed by atoms with Gasteiger partial charge in [0.1, 0.15) is 0 Å². The quantitative estimate of drug-likeness (QED) is 0.209. The van der Waals surface area contributed by atoms with Gasteiger partial charge in [-0.3, -0.25) is 0 Å². The van der Waals surface area contributed by atoms with Crippen molar-refractivity contribution in [1.29, 1.82) is 0 Å². The van der Waals surface area contributed by atoms with E-state index in [9.17, 15) is 32.3 Å². The summed E-state index contributed by atoms with van der Waals surface area (Å²) in [6.07, 6.45) is 0. The van der Waals surface area contributed by atoms with E-state index >= 15 is 0 Å². The first-order valence-corrected chi connectivity index (χ1v) is 11.2. The van der Waals surface area contributed by atoms with Gasteiger partial charge in [0, 0.05) is 47.8 Å². The number of rotatable bonds is 6. The van der Waals surface area contributed by atoms with Gasteiger partial charge in [0.15, 0.2) is 23.0 Å². The van der Waals surface area contributed by atoms with E-state index in [2.05, 4.69) is 14.2 Å². The van der Waals surface area contributed by atoms with Crippen molar-refractivity contribution in [2.45, 2.75) is 8.76 Å². The molecule has 36 heavy (non-hydrogen) atoms. The summed E-state index contributed by atoms with van der Waals surface area (Å²) in [6.45, 7) is 0. The van der Waals surface area contributed by atoms with Crippen molar-refractivity contribution in [3.63, 3.8) is 0 Å². The molecule has 0 bridgehead atoms. The molecule has 0 aliphatic carbocycles. The van der Waals surface area contributed by atoms with E-state index < -0.39 is 20.7 Å². The number of aromatic hydroxyl groups is 1. The standard InChI is InChI=1S/C10H9BrF2O4.C9H10O4.CBr2F2.Na.H/c1-15-8-5-6(9(14)16-2)3-4-7(8)17-10(11,12)13;1-12-8-5-6(9(11)13-2)3-4-7(8)10;2-1(3,4)5;;/h3-5H,1-2H3;3-5,10H,1-2H3;;;/q;;;+1;-1. The Bertz CT molecular complexity index is 989. The van der Waals surface area contributed by atoms with Crippen molar-refractivity contribution in [1.82, 2.24) is 0 Å². The second-order valence-corrected chi connectivity index (χ2v) is 9.69. The van der Waals surface area contributed by atoms with Crippen molar-refractivity contribution < 1.29 is 86.9 Å². The first-order chi connectivity index (χ1) is 16.1. The topological polar surface area (TPSA) is 101 Å². The van der Waals surface area contributed by atoms with E-state index in [1.165, 1.54) is 64.8 Å². The van der Waals surface area contributed by atoms with Gasteiger partial charge in [0.2, 0.25) is 0 Å². The minimum Gasteiger partial charge on any atom is -1.00 e. The molecule has 0 unspecified atom stereocenters. The summed E-state index contributed by atoms with van der Waals surface area (Å²) in [7, 11) is 5.19. The molecule has 0 radical (unpaired) electrons. The Balaban J connectivity index is -0.000000516. The monoisotopic (exact) mass is 724 g/mol. The van der Waals surface area contributed by atoms with Gasteiger partial charge in [-0.1, -0.05) is 0 Å². The fraction of sp³-hybridized carbons (Fsp3) is 0.300. The number of halogens is 7. The summed E-state index contributed by atoms with van der Waals surface area (Å²) in [5.74, 6) is -0.995. The van der Waals surface area contributed by atoms with Crippen LogP contribution in [0.15, 0.2) is 36.4 Å². The van der Waals surface area contributed by atoms with Gasteiger partial charge in [0.25, 0.3) is 0 Å². The van der Waals surface area contributed by atoms with Crippen LogP contribution in [0.2, 0.25) is 0 Å². The molecule has 1 N–H and O–H groups in total. The zero-order chi connectivity index (χ0) is 27.4. The number of hydrogen-bond donors (Lipinski definition) is 1. The van der Waals surface area contributed by atoms with Crippen LogP contribution in [0.3, 0.4) is 0 Å². The number of esters is 2. The zero-order valence-electron chi connectivity index (χ0n) is 20.4. The minimum absolute atomic E-state index is 0. The molecule has 8 nitrogen and oxygen atoms in total. The average Bonchev–Trinajstić information content (AvgIpc) is 2.76. The fourth-order valence-electron chi connectivity index (χ4n) is 2.04. The summed E-state index contributed by atoms with van der Waals surface area (Å²) in [6, 6.07) is 8.00. The Labute approximate surface area is 252 Å². The van der Waals surface area contributed by atoms with Crippen LogP contribution in [0.5, 0.6) is 23.0 Å². The van der Waals surface area contributed by atoms with Crippen LogP contribution >= 0.6 is 47.8 Å². The van der Waals surface area contributed by atoms with Gasteiger partial charge in [-0.15, -0.1) is 0 Å². The molecular formula is C20H20Br3F4NaO8. The molecule has 0 amide bonds. The van der Waals surface area contributed by atoms with Crippen molar-refractivity contribution in [2.75, 3.05) is 28.4 Å². The van der Waals surface area contributed by atoms with Crippen molar-refractivity contribution in [3.05, 3.63) is 47.5 Å². The third kappa shape index (κ3) is 15.8. The number of phenolic OH excluding ortho intramolecular Hbond substituents is 1. The third-order valence-corrected chi connectivity index (χ3v) is 3.57. The number of alkyl halides is 7. The Morgan fingerprint density at radius 3 is 1.53 bits per heavy atom. The van der Waals surface area contributed by atoms with E-state index in [0.717, 1.165) is 0 Å². The second kappa shape index (κ2) is 17.3. The van der Waals surface area contributed by atoms with Crippen LogP contribution < -0.4 is 43.8 Å². The number of hydrogen-bond acceptors (Lipinski definition) is 8. The van der Waals surface area contributed by atoms with Crippen molar-refractivity contribution >= 4 is 59.7 Å². The smallest absolute Gasteiger partial charge is 1.00 e. The molecule has 16 heteroatoms. The molecule has 0 spiro atoms. The largest absolute Gasteiger partial charge is 1.00 e. The molecule has 0 saturated heterocycles. The van der Waals surface area contributed by atoms with Gasteiger partial charge in [-0.05, 0) is 36.4 Å². The summed E-state index contributed by atoms with van der Waals surface area (Å²) in [5.41, 5.74) is 0.520. The van der Waals surface area contributed by atoms with Crippen LogP contribution in [0.1, 0.15) is 22.1 Å². The van der Waals surface area contributed by atoms with Gasteiger partial charge >= 0.3 is 50.3 Å². The van der Waals surface area contributed by atoms with Crippen LogP contribution in [0.25, 0.3) is 0 Å². The molecule has 2 aromatic carbocycles. The van der Waals surface area contributed by atoms with Crippen LogP contribution in [0, 0.1) is 0 Å². The number of methoxy groups -OCH3 is 4. The Kier molecular flexibility index (Phi) is 17.7. The van der Waals surface area contributed by atoms with Crippen LogP contribution in [-0.4, -0.2) is 54.2 Å². The van der Waals surface area contributed by atoms with E-state index in [0.29, 0.717) is 5.56 Å². The molecule has 2 aromatic rings. The Morgan fingerprint density at radius 1 is 0.778 bits per heavy atom. The van der Waals surface area contributed by atoms with E-state index in [-0.39, 0.29) is 59.5 Å². The van der Waals surface area contributed by atoms with E-state index in [1.54, 1.807) is 0 Å². The molecule has 198 valence electrons. The Hall–Kier alpha value is -1.26. The maximum Gasteiger partial charge on any atom is 1.00 e. The second-order valence-electron chi connectivity index (χ2n) is 5.71. The minimum atomic E-state index is -3.51. The molecule has 0 aromatic heterocycles. The molecule has 0 aliphatic rings. The summed E-state index contributed by atoms with van der Waals surface area (Å²) in [5, 5.41) is 5.71. The van der Waals surface area contributed by atoms with Crippen molar-refractivity contribution in [3.8, 4) is 23.0 Å². The Morgan fingerprint density at radius 2 is 1.17 bits per heavy atom. The fourth-order valence-corrected chi connectivity index (χ4v) is 2.22. The summed E-state index contributed by atoms with van der Waals surface area (Å²) < 4.78 is 67.0. The molecule has 0 heterocycles. The van der Waals surface area contributed by atoms with Gasteiger partial charge in [0.05, 0.1) is 39.6 Å².